The fourth-order valence-corrected chi connectivity index (χ4v) is 3.98. The number of rotatable bonds is 4. The molecule has 0 spiro atoms. The largest absolute Gasteiger partial charge is 0.365 e. The molecule has 0 bridgehead atoms. The Hall–Kier alpha value is -3.84. The minimum Gasteiger partial charge on any atom is -0.312 e. The average molecular weight is 412 g/mol. The summed E-state index contributed by atoms with van der Waals surface area (Å²) in [6.45, 7) is 2.06. The van der Waals surface area contributed by atoms with Crippen molar-refractivity contribution in [3.8, 4) is 21.0 Å². The van der Waals surface area contributed by atoms with Crippen molar-refractivity contribution in [2.75, 3.05) is 0 Å². The van der Waals surface area contributed by atoms with E-state index in [9.17, 15) is 4.79 Å². The third kappa shape index (κ3) is 3.46. The van der Waals surface area contributed by atoms with Crippen molar-refractivity contribution < 1.29 is 9.63 Å². The van der Waals surface area contributed by atoms with Gasteiger partial charge in [-0.25, -0.2) is 9.78 Å². The Morgan fingerprint density at radius 1 is 0.933 bits per heavy atom. The molecule has 0 fully saturated rings. The van der Waals surface area contributed by atoms with Crippen LogP contribution in [0.4, 0.5) is 0 Å². The van der Waals surface area contributed by atoms with Gasteiger partial charge in [0.1, 0.15) is 16.0 Å². The lowest BCUT2D eigenvalue weighted by molar-refractivity contribution is 0.0409. The number of benzene rings is 3. The Balaban J connectivity index is 1.34. The molecule has 30 heavy (non-hydrogen) atoms. The highest BCUT2D eigenvalue weighted by molar-refractivity contribution is 7.18. The Morgan fingerprint density at radius 2 is 1.67 bits per heavy atom. The highest BCUT2D eigenvalue weighted by atomic mass is 32.1. The standard InChI is InChI=1S/C23H16N4O2S/c1-15-6-8-17(9-7-15)22-24-14-21(30-22)16-10-12-18(13-11-16)23(28)29-27-20-5-3-2-4-19(20)25-26-27/h2-14H,1H3. The van der Waals surface area contributed by atoms with E-state index in [0.717, 1.165) is 25.9 Å². The molecule has 0 aliphatic rings. The second-order valence-corrected chi connectivity index (χ2v) is 7.83. The van der Waals surface area contributed by atoms with Crippen molar-refractivity contribution in [1.29, 1.82) is 0 Å². The van der Waals surface area contributed by atoms with Gasteiger partial charge >= 0.3 is 5.97 Å². The molecule has 2 heterocycles. The van der Waals surface area contributed by atoms with Gasteiger partial charge in [0, 0.05) is 11.8 Å². The van der Waals surface area contributed by atoms with Crippen LogP contribution in [0.3, 0.4) is 0 Å². The van der Waals surface area contributed by atoms with Gasteiger partial charge in [-0.2, -0.15) is 0 Å². The summed E-state index contributed by atoms with van der Waals surface area (Å²) in [5.41, 5.74) is 5.04. The summed E-state index contributed by atoms with van der Waals surface area (Å²) in [6.07, 6.45) is 1.86. The van der Waals surface area contributed by atoms with Crippen LogP contribution >= 0.6 is 11.3 Å². The van der Waals surface area contributed by atoms with Crippen LogP contribution < -0.4 is 4.84 Å². The SMILES string of the molecule is Cc1ccc(-c2ncc(-c3ccc(C(=O)On4nnc5ccccc54)cc3)s2)cc1. The Kier molecular flexibility index (Phi) is 4.57. The number of fused-ring (bicyclic) bond motifs is 1. The van der Waals surface area contributed by atoms with Crippen molar-refractivity contribution in [2.45, 2.75) is 6.92 Å². The first kappa shape index (κ1) is 18.2. The van der Waals surface area contributed by atoms with Crippen LogP contribution in [0.1, 0.15) is 15.9 Å². The zero-order valence-corrected chi connectivity index (χ0v) is 16.8. The summed E-state index contributed by atoms with van der Waals surface area (Å²) in [7, 11) is 0. The van der Waals surface area contributed by atoms with E-state index in [4.69, 9.17) is 4.84 Å². The predicted molar refractivity (Wildman–Crippen MR) is 116 cm³/mol. The Bertz CT molecular complexity index is 1340. The van der Waals surface area contributed by atoms with Crippen LogP contribution in [-0.4, -0.2) is 26.1 Å². The smallest absolute Gasteiger partial charge is 0.312 e. The van der Waals surface area contributed by atoms with Gasteiger partial charge in [0.25, 0.3) is 0 Å². The molecular formula is C23H16N4O2S. The number of para-hydroxylation sites is 1. The summed E-state index contributed by atoms with van der Waals surface area (Å²) in [6, 6.07) is 22.9. The zero-order chi connectivity index (χ0) is 20.5. The van der Waals surface area contributed by atoms with Gasteiger partial charge in [0.05, 0.1) is 10.4 Å². The van der Waals surface area contributed by atoms with Gasteiger partial charge in [-0.15, -0.1) is 16.4 Å². The number of carbonyl (C=O) groups is 1. The number of hydrogen-bond acceptors (Lipinski definition) is 6. The molecule has 0 amide bonds. The third-order valence-corrected chi connectivity index (χ3v) is 5.80. The predicted octanol–water partition coefficient (Wildman–Crippen LogP) is 4.80. The molecule has 2 aromatic heterocycles. The van der Waals surface area contributed by atoms with E-state index in [2.05, 4.69) is 46.5 Å². The number of aryl methyl sites for hydroxylation is 1. The summed E-state index contributed by atoms with van der Waals surface area (Å²) in [5.74, 6) is -0.498. The molecule has 0 unspecified atom stereocenters. The molecule has 0 N–H and O–H groups in total. The van der Waals surface area contributed by atoms with Gasteiger partial charge < -0.3 is 4.84 Å². The number of hydrogen-bond donors (Lipinski definition) is 0. The highest BCUT2D eigenvalue weighted by Crippen LogP contribution is 2.32. The molecule has 5 rings (SSSR count). The molecule has 0 saturated heterocycles. The lowest BCUT2D eigenvalue weighted by Crippen LogP contribution is -2.20. The lowest BCUT2D eigenvalue weighted by atomic mass is 10.1. The normalized spacial score (nSPS) is 11.0. The maximum atomic E-state index is 12.5. The second-order valence-electron chi connectivity index (χ2n) is 6.80. The van der Waals surface area contributed by atoms with E-state index in [-0.39, 0.29) is 0 Å². The number of nitrogens with zero attached hydrogens (tertiary/aromatic N) is 4. The molecule has 146 valence electrons. The minimum absolute atomic E-state index is 0.432. The van der Waals surface area contributed by atoms with Crippen LogP contribution in [0.15, 0.2) is 79.0 Å². The molecule has 3 aromatic carbocycles. The first-order chi connectivity index (χ1) is 14.7. The number of thiazole rings is 1. The first-order valence-corrected chi connectivity index (χ1v) is 10.2. The summed E-state index contributed by atoms with van der Waals surface area (Å²) < 4.78 is 0. The summed E-state index contributed by atoms with van der Waals surface area (Å²) in [4.78, 5) is 24.6. The second kappa shape index (κ2) is 7.53. The van der Waals surface area contributed by atoms with E-state index in [1.807, 2.05) is 30.5 Å². The van der Waals surface area contributed by atoms with Gasteiger partial charge in [-0.1, -0.05) is 58.9 Å². The van der Waals surface area contributed by atoms with Crippen LogP contribution in [0.5, 0.6) is 0 Å². The number of carbonyl (C=O) groups excluding carboxylic acids is 1. The van der Waals surface area contributed by atoms with E-state index in [1.165, 1.54) is 5.56 Å². The Morgan fingerprint density at radius 3 is 2.47 bits per heavy atom. The van der Waals surface area contributed by atoms with Gasteiger partial charge in [-0.3, -0.25) is 0 Å². The summed E-state index contributed by atoms with van der Waals surface area (Å²) >= 11 is 1.61. The van der Waals surface area contributed by atoms with E-state index in [0.29, 0.717) is 16.6 Å². The van der Waals surface area contributed by atoms with Crippen LogP contribution in [-0.2, 0) is 0 Å². The highest BCUT2D eigenvalue weighted by Gasteiger charge is 2.13. The van der Waals surface area contributed by atoms with Crippen LogP contribution in [0.2, 0.25) is 0 Å². The molecule has 5 aromatic rings. The van der Waals surface area contributed by atoms with Crippen LogP contribution in [0.25, 0.3) is 32.0 Å². The molecule has 0 aliphatic carbocycles. The molecule has 0 atom stereocenters. The maximum absolute atomic E-state index is 12.5. The van der Waals surface area contributed by atoms with E-state index in [1.54, 1.807) is 35.6 Å². The minimum atomic E-state index is -0.498. The third-order valence-electron chi connectivity index (χ3n) is 4.70. The molecule has 0 saturated carbocycles. The molecule has 7 heteroatoms. The maximum Gasteiger partial charge on any atom is 0.365 e. The zero-order valence-electron chi connectivity index (χ0n) is 16.0. The lowest BCUT2D eigenvalue weighted by Gasteiger charge is -2.04. The fraction of sp³-hybridized carbons (Fsp3) is 0.0435. The molecule has 0 radical (unpaired) electrons. The van der Waals surface area contributed by atoms with E-state index < -0.39 is 5.97 Å². The van der Waals surface area contributed by atoms with Crippen LogP contribution in [0, 0.1) is 6.92 Å². The van der Waals surface area contributed by atoms with Crippen molar-refractivity contribution >= 4 is 28.3 Å². The van der Waals surface area contributed by atoms with Gasteiger partial charge in [-0.05, 0) is 42.0 Å². The quantitative estimate of drug-likeness (QED) is 0.397. The van der Waals surface area contributed by atoms with Crippen molar-refractivity contribution in [3.63, 3.8) is 0 Å². The monoisotopic (exact) mass is 412 g/mol. The molecular weight excluding hydrogens is 396 g/mol. The number of aromatic nitrogens is 4. The fourth-order valence-electron chi connectivity index (χ4n) is 3.05. The van der Waals surface area contributed by atoms with E-state index >= 15 is 0 Å². The first-order valence-electron chi connectivity index (χ1n) is 9.34. The van der Waals surface area contributed by atoms with Crippen molar-refractivity contribution in [2.24, 2.45) is 0 Å². The topological polar surface area (TPSA) is 69.9 Å². The average Bonchev–Trinajstić information content (AvgIpc) is 3.42. The molecule has 0 aliphatic heterocycles. The van der Waals surface area contributed by atoms with Crippen molar-refractivity contribution in [1.82, 2.24) is 20.1 Å². The van der Waals surface area contributed by atoms with Gasteiger partial charge in [0.2, 0.25) is 0 Å². The van der Waals surface area contributed by atoms with Gasteiger partial charge in [0.15, 0.2) is 0 Å². The Labute approximate surface area is 176 Å². The van der Waals surface area contributed by atoms with Crippen molar-refractivity contribution in [3.05, 3.63) is 90.1 Å². The molecule has 6 nitrogen and oxygen atoms in total. The summed E-state index contributed by atoms with van der Waals surface area (Å²) in [5, 5.41) is 8.83.